The Morgan fingerprint density at radius 2 is 1.82 bits per heavy atom. The van der Waals surface area contributed by atoms with E-state index >= 15 is 0 Å². The molecule has 1 N–H and O–H groups in total. The zero-order chi connectivity index (χ0) is 24.2. The van der Waals surface area contributed by atoms with Crippen molar-refractivity contribution < 1.29 is 19.1 Å². The van der Waals surface area contributed by atoms with Gasteiger partial charge in [-0.3, -0.25) is 14.6 Å². The third-order valence-corrected chi connectivity index (χ3v) is 6.91. The summed E-state index contributed by atoms with van der Waals surface area (Å²) < 4.78 is 5.44. The number of esters is 1. The molecule has 0 radical (unpaired) electrons. The van der Waals surface area contributed by atoms with Crippen molar-refractivity contribution in [1.29, 1.82) is 0 Å². The van der Waals surface area contributed by atoms with Crippen LogP contribution >= 0.6 is 11.6 Å². The fourth-order valence-electron chi connectivity index (χ4n) is 4.71. The number of benzene rings is 1. The summed E-state index contributed by atoms with van der Waals surface area (Å²) in [5.74, 6) is 0.0435. The first-order valence-corrected chi connectivity index (χ1v) is 12.6. The number of carbonyl (C=O) groups is 3. The SMILES string of the molecule is CCOC(=O)C1=C(CN2CCCN(C(=O)C3CC3)CC2)N(CC)C(=O)NC1c1ccc(Cl)cc1. The van der Waals surface area contributed by atoms with Gasteiger partial charge >= 0.3 is 12.0 Å². The third-order valence-electron chi connectivity index (χ3n) is 6.65. The van der Waals surface area contributed by atoms with Crippen LogP contribution in [0.2, 0.25) is 5.02 Å². The number of rotatable bonds is 7. The van der Waals surface area contributed by atoms with Crippen LogP contribution in [0.5, 0.6) is 0 Å². The molecule has 0 bridgehead atoms. The van der Waals surface area contributed by atoms with Gasteiger partial charge in [-0.15, -0.1) is 0 Å². The highest BCUT2D eigenvalue weighted by atomic mass is 35.5. The van der Waals surface area contributed by atoms with E-state index in [0.29, 0.717) is 42.5 Å². The molecule has 2 heterocycles. The van der Waals surface area contributed by atoms with E-state index < -0.39 is 12.0 Å². The van der Waals surface area contributed by atoms with Gasteiger partial charge < -0.3 is 15.0 Å². The smallest absolute Gasteiger partial charge is 0.338 e. The average molecular weight is 489 g/mol. The van der Waals surface area contributed by atoms with Crippen LogP contribution in [0.4, 0.5) is 4.79 Å². The van der Waals surface area contributed by atoms with E-state index in [1.165, 1.54) is 0 Å². The molecule has 3 aliphatic rings. The summed E-state index contributed by atoms with van der Waals surface area (Å²) >= 11 is 6.07. The monoisotopic (exact) mass is 488 g/mol. The molecule has 184 valence electrons. The molecule has 1 saturated heterocycles. The molecule has 0 spiro atoms. The number of halogens is 1. The maximum atomic E-state index is 13.2. The molecule has 4 rings (SSSR count). The van der Waals surface area contributed by atoms with Gasteiger partial charge in [-0.2, -0.15) is 0 Å². The highest BCUT2D eigenvalue weighted by Crippen LogP contribution is 2.33. The Bertz CT molecular complexity index is 960. The molecule has 1 aromatic carbocycles. The molecule has 2 fully saturated rings. The molecule has 2 aliphatic heterocycles. The number of carbonyl (C=O) groups excluding carboxylic acids is 3. The molecule has 8 nitrogen and oxygen atoms in total. The van der Waals surface area contributed by atoms with Crippen LogP contribution in [0.1, 0.15) is 44.7 Å². The lowest BCUT2D eigenvalue weighted by molar-refractivity contribution is -0.139. The van der Waals surface area contributed by atoms with Crippen molar-refractivity contribution in [3.05, 3.63) is 46.1 Å². The largest absolute Gasteiger partial charge is 0.463 e. The van der Waals surface area contributed by atoms with Gasteiger partial charge in [-0.1, -0.05) is 23.7 Å². The molecule has 1 atom stereocenters. The average Bonchev–Trinajstić information content (AvgIpc) is 3.67. The first kappa shape index (κ1) is 24.5. The van der Waals surface area contributed by atoms with E-state index in [1.807, 2.05) is 24.0 Å². The predicted octanol–water partition coefficient (Wildman–Crippen LogP) is 3.19. The van der Waals surface area contributed by atoms with Gasteiger partial charge in [-0.25, -0.2) is 9.59 Å². The first-order valence-electron chi connectivity index (χ1n) is 12.2. The minimum atomic E-state index is -0.624. The Hall–Kier alpha value is -2.58. The highest BCUT2D eigenvalue weighted by molar-refractivity contribution is 6.30. The second-order valence-corrected chi connectivity index (χ2v) is 9.42. The maximum absolute atomic E-state index is 13.2. The number of urea groups is 1. The predicted molar refractivity (Wildman–Crippen MR) is 129 cm³/mol. The minimum Gasteiger partial charge on any atom is -0.463 e. The van der Waals surface area contributed by atoms with Crippen molar-refractivity contribution in [3.8, 4) is 0 Å². The van der Waals surface area contributed by atoms with Crippen LogP contribution in [0, 0.1) is 5.92 Å². The van der Waals surface area contributed by atoms with Crippen molar-refractivity contribution in [2.45, 2.75) is 39.2 Å². The number of hydrogen-bond donors (Lipinski definition) is 1. The van der Waals surface area contributed by atoms with Gasteiger partial charge in [0.05, 0.1) is 18.2 Å². The number of likely N-dealkylation sites (N-methyl/N-ethyl adjacent to an activating group) is 1. The van der Waals surface area contributed by atoms with Gasteiger partial charge in [0.25, 0.3) is 0 Å². The summed E-state index contributed by atoms with van der Waals surface area (Å²) in [6.45, 7) is 7.67. The van der Waals surface area contributed by atoms with Gasteiger partial charge in [0.1, 0.15) is 0 Å². The zero-order valence-electron chi connectivity index (χ0n) is 19.9. The standard InChI is InChI=1S/C25H33ClN4O4/c1-3-30-20(16-28-12-5-13-29(15-14-28)23(31)18-6-7-18)21(24(32)34-4-2)22(27-25(30)33)17-8-10-19(26)11-9-17/h8-11,18,22H,3-7,12-16H2,1-2H3,(H,27,33). The van der Waals surface area contributed by atoms with E-state index in [1.54, 1.807) is 24.0 Å². The maximum Gasteiger partial charge on any atom is 0.338 e. The highest BCUT2D eigenvalue weighted by Gasteiger charge is 2.39. The van der Waals surface area contributed by atoms with Gasteiger partial charge in [0, 0.05) is 55.9 Å². The fourth-order valence-corrected chi connectivity index (χ4v) is 4.84. The van der Waals surface area contributed by atoms with Gasteiger partial charge in [0.2, 0.25) is 5.91 Å². The molecule has 34 heavy (non-hydrogen) atoms. The van der Waals surface area contributed by atoms with Crippen LogP contribution in [0.3, 0.4) is 0 Å². The molecular weight excluding hydrogens is 456 g/mol. The van der Waals surface area contributed by atoms with E-state index in [4.69, 9.17) is 16.3 Å². The zero-order valence-corrected chi connectivity index (χ0v) is 20.6. The number of ether oxygens (including phenoxy) is 1. The summed E-state index contributed by atoms with van der Waals surface area (Å²) in [6, 6.07) is 6.26. The Morgan fingerprint density at radius 3 is 2.47 bits per heavy atom. The van der Waals surface area contributed by atoms with Crippen LogP contribution < -0.4 is 5.32 Å². The van der Waals surface area contributed by atoms with Crippen LogP contribution in [-0.2, 0) is 14.3 Å². The van der Waals surface area contributed by atoms with Gasteiger partial charge in [-0.05, 0) is 50.8 Å². The van der Waals surface area contributed by atoms with Crippen LogP contribution in [0.25, 0.3) is 0 Å². The molecule has 3 amide bonds. The lowest BCUT2D eigenvalue weighted by Gasteiger charge is -2.38. The van der Waals surface area contributed by atoms with Crippen molar-refractivity contribution >= 4 is 29.5 Å². The van der Waals surface area contributed by atoms with Gasteiger partial charge in [0.15, 0.2) is 0 Å². The topological polar surface area (TPSA) is 82.2 Å². The quantitative estimate of drug-likeness (QED) is 0.596. The van der Waals surface area contributed by atoms with Crippen molar-refractivity contribution in [2.75, 3.05) is 45.9 Å². The molecule has 0 aromatic heterocycles. The summed E-state index contributed by atoms with van der Waals surface area (Å²) in [6.07, 6.45) is 2.86. The lowest BCUT2D eigenvalue weighted by atomic mass is 9.94. The summed E-state index contributed by atoms with van der Waals surface area (Å²) in [4.78, 5) is 44.7. The molecule has 1 aromatic rings. The van der Waals surface area contributed by atoms with Crippen molar-refractivity contribution in [3.63, 3.8) is 0 Å². The summed E-state index contributed by atoms with van der Waals surface area (Å²) in [5, 5.41) is 3.56. The molecule has 9 heteroatoms. The second kappa shape index (κ2) is 10.8. The minimum absolute atomic E-state index is 0.211. The Kier molecular flexibility index (Phi) is 7.78. The number of nitrogens with one attached hydrogen (secondary N) is 1. The fraction of sp³-hybridized carbons (Fsp3) is 0.560. The molecule has 1 saturated carbocycles. The Morgan fingerprint density at radius 1 is 1.09 bits per heavy atom. The van der Waals surface area contributed by atoms with Crippen LogP contribution in [0.15, 0.2) is 35.5 Å². The molecular formula is C25H33ClN4O4. The van der Waals surface area contributed by atoms with Crippen molar-refractivity contribution in [1.82, 2.24) is 20.0 Å². The van der Waals surface area contributed by atoms with E-state index in [0.717, 1.165) is 37.9 Å². The normalized spacial score (nSPS) is 21.9. The first-order chi connectivity index (χ1) is 16.4. The molecule has 1 unspecified atom stereocenters. The number of amides is 3. The van der Waals surface area contributed by atoms with Crippen molar-refractivity contribution in [2.24, 2.45) is 5.92 Å². The summed E-state index contributed by atoms with van der Waals surface area (Å²) in [7, 11) is 0. The van der Waals surface area contributed by atoms with E-state index in [2.05, 4.69) is 10.2 Å². The Balaban J connectivity index is 1.64. The van der Waals surface area contributed by atoms with E-state index in [-0.39, 0.29) is 24.5 Å². The third kappa shape index (κ3) is 5.39. The number of nitrogens with zero attached hydrogens (tertiary/aromatic N) is 3. The summed E-state index contributed by atoms with van der Waals surface area (Å²) in [5.41, 5.74) is 1.87. The van der Waals surface area contributed by atoms with Crippen LogP contribution in [-0.4, -0.2) is 78.5 Å². The second-order valence-electron chi connectivity index (χ2n) is 8.99. The molecule has 1 aliphatic carbocycles. The lowest BCUT2D eigenvalue weighted by Crippen LogP contribution is -2.51. The van der Waals surface area contributed by atoms with E-state index in [9.17, 15) is 14.4 Å². The number of hydrogen-bond acceptors (Lipinski definition) is 5. The Labute approximate surface area is 205 Å².